The minimum Gasteiger partial charge on any atom is -0.396 e. The molecule has 1 unspecified atom stereocenters. The van der Waals surface area contributed by atoms with Gasteiger partial charge in [-0.15, -0.1) is 0 Å². The Morgan fingerprint density at radius 1 is 1.29 bits per heavy atom. The molecule has 0 bridgehead atoms. The number of carbonyl (C=O) groups excluding carboxylic acids is 2. The molecule has 0 radical (unpaired) electrons. The lowest BCUT2D eigenvalue weighted by Gasteiger charge is -2.16. The summed E-state index contributed by atoms with van der Waals surface area (Å²) in [6.07, 6.45) is 4.04. The highest BCUT2D eigenvalue weighted by Crippen LogP contribution is 2.11. The molecule has 1 aliphatic heterocycles. The van der Waals surface area contributed by atoms with Crippen molar-refractivity contribution < 1.29 is 14.7 Å². The standard InChI is InChI=1S/C10H15NO3/c1-8(5-7-12)4-6-11-9(13)2-3-10(11)14/h2-3,8,12H,4-7H2,1H3. The van der Waals surface area contributed by atoms with Gasteiger partial charge in [0.25, 0.3) is 11.8 Å². The number of amides is 2. The molecule has 0 spiro atoms. The Balaban J connectivity index is 2.31. The van der Waals surface area contributed by atoms with Crippen LogP contribution in [0.25, 0.3) is 0 Å². The second-order valence-corrected chi connectivity index (χ2v) is 3.57. The summed E-state index contributed by atoms with van der Waals surface area (Å²) in [5, 5.41) is 8.67. The zero-order chi connectivity index (χ0) is 10.6. The molecular weight excluding hydrogens is 182 g/mol. The SMILES string of the molecule is CC(CCO)CCN1C(=O)C=CC1=O. The van der Waals surface area contributed by atoms with Crippen LogP contribution in [0.15, 0.2) is 12.2 Å². The number of hydrogen-bond donors (Lipinski definition) is 1. The number of aliphatic hydroxyl groups excluding tert-OH is 1. The van der Waals surface area contributed by atoms with Crippen LogP contribution < -0.4 is 0 Å². The fourth-order valence-corrected chi connectivity index (χ4v) is 1.37. The van der Waals surface area contributed by atoms with Gasteiger partial charge in [0.1, 0.15) is 0 Å². The lowest BCUT2D eigenvalue weighted by molar-refractivity contribution is -0.136. The molecule has 0 saturated heterocycles. The maximum absolute atomic E-state index is 11.1. The second-order valence-electron chi connectivity index (χ2n) is 3.57. The van der Waals surface area contributed by atoms with E-state index >= 15 is 0 Å². The van der Waals surface area contributed by atoms with Crippen LogP contribution in [0.1, 0.15) is 19.8 Å². The van der Waals surface area contributed by atoms with Crippen molar-refractivity contribution in [3.8, 4) is 0 Å². The molecular formula is C10H15NO3. The van der Waals surface area contributed by atoms with Gasteiger partial charge in [-0.1, -0.05) is 6.92 Å². The van der Waals surface area contributed by atoms with Crippen molar-refractivity contribution in [3.05, 3.63) is 12.2 Å². The van der Waals surface area contributed by atoms with Gasteiger partial charge in [-0.3, -0.25) is 14.5 Å². The highest BCUT2D eigenvalue weighted by atomic mass is 16.3. The van der Waals surface area contributed by atoms with Gasteiger partial charge in [-0.05, 0) is 18.8 Å². The van der Waals surface area contributed by atoms with E-state index in [1.54, 1.807) is 0 Å². The molecule has 1 atom stereocenters. The van der Waals surface area contributed by atoms with Crippen molar-refractivity contribution in [1.82, 2.24) is 4.90 Å². The van der Waals surface area contributed by atoms with Crippen molar-refractivity contribution >= 4 is 11.8 Å². The van der Waals surface area contributed by atoms with E-state index in [4.69, 9.17) is 5.11 Å². The number of aliphatic hydroxyl groups is 1. The normalized spacial score (nSPS) is 18.0. The third-order valence-corrected chi connectivity index (χ3v) is 2.37. The van der Waals surface area contributed by atoms with Gasteiger partial charge in [0.15, 0.2) is 0 Å². The predicted octanol–water partition coefficient (Wildman–Crippen LogP) is 0.320. The Morgan fingerprint density at radius 3 is 2.36 bits per heavy atom. The monoisotopic (exact) mass is 197 g/mol. The summed E-state index contributed by atoms with van der Waals surface area (Å²) in [4.78, 5) is 23.5. The maximum Gasteiger partial charge on any atom is 0.253 e. The quantitative estimate of drug-likeness (QED) is 0.646. The molecule has 0 aliphatic carbocycles. The van der Waals surface area contributed by atoms with Crippen LogP contribution in [0.5, 0.6) is 0 Å². The highest BCUT2D eigenvalue weighted by Gasteiger charge is 2.22. The molecule has 0 fully saturated rings. The molecule has 1 heterocycles. The molecule has 0 aromatic heterocycles. The largest absolute Gasteiger partial charge is 0.396 e. The fourth-order valence-electron chi connectivity index (χ4n) is 1.37. The van der Waals surface area contributed by atoms with E-state index in [2.05, 4.69) is 0 Å². The Bertz CT molecular complexity index is 242. The number of nitrogens with zero attached hydrogens (tertiary/aromatic N) is 1. The van der Waals surface area contributed by atoms with E-state index in [9.17, 15) is 9.59 Å². The topological polar surface area (TPSA) is 57.6 Å². The first kappa shape index (κ1) is 10.9. The van der Waals surface area contributed by atoms with Crippen molar-refractivity contribution in [2.75, 3.05) is 13.2 Å². The van der Waals surface area contributed by atoms with Gasteiger partial charge >= 0.3 is 0 Å². The first-order valence-electron chi connectivity index (χ1n) is 4.79. The van der Waals surface area contributed by atoms with E-state index in [0.717, 1.165) is 6.42 Å². The van der Waals surface area contributed by atoms with Crippen molar-refractivity contribution in [1.29, 1.82) is 0 Å². The molecule has 14 heavy (non-hydrogen) atoms. The zero-order valence-corrected chi connectivity index (χ0v) is 8.27. The van der Waals surface area contributed by atoms with Crippen LogP contribution in [-0.2, 0) is 9.59 Å². The van der Waals surface area contributed by atoms with Gasteiger partial charge in [0.2, 0.25) is 0 Å². The summed E-state index contributed by atoms with van der Waals surface area (Å²) in [6.45, 7) is 2.60. The molecule has 1 aliphatic rings. The van der Waals surface area contributed by atoms with Gasteiger partial charge in [-0.25, -0.2) is 0 Å². The third-order valence-electron chi connectivity index (χ3n) is 2.37. The van der Waals surface area contributed by atoms with Crippen LogP contribution in [0.4, 0.5) is 0 Å². The lowest BCUT2D eigenvalue weighted by Crippen LogP contribution is -2.31. The molecule has 1 N–H and O–H groups in total. The van der Waals surface area contributed by atoms with Crippen LogP contribution in [0.2, 0.25) is 0 Å². The number of hydrogen-bond acceptors (Lipinski definition) is 3. The fraction of sp³-hybridized carbons (Fsp3) is 0.600. The van der Waals surface area contributed by atoms with Gasteiger partial charge in [0.05, 0.1) is 0 Å². The van der Waals surface area contributed by atoms with Crippen molar-refractivity contribution in [2.24, 2.45) is 5.92 Å². The van der Waals surface area contributed by atoms with E-state index < -0.39 is 0 Å². The summed E-state index contributed by atoms with van der Waals surface area (Å²) in [5.41, 5.74) is 0. The van der Waals surface area contributed by atoms with Crippen LogP contribution >= 0.6 is 0 Å². The molecule has 0 aromatic rings. The van der Waals surface area contributed by atoms with Crippen molar-refractivity contribution in [3.63, 3.8) is 0 Å². The van der Waals surface area contributed by atoms with Crippen LogP contribution in [0, 0.1) is 5.92 Å². The van der Waals surface area contributed by atoms with E-state index in [1.165, 1.54) is 17.1 Å². The van der Waals surface area contributed by atoms with Crippen LogP contribution in [0.3, 0.4) is 0 Å². The van der Waals surface area contributed by atoms with Crippen molar-refractivity contribution in [2.45, 2.75) is 19.8 Å². The molecule has 78 valence electrons. The Hall–Kier alpha value is -1.16. The number of carbonyl (C=O) groups is 2. The predicted molar refractivity (Wildman–Crippen MR) is 51.3 cm³/mol. The van der Waals surface area contributed by atoms with E-state index in [0.29, 0.717) is 18.9 Å². The molecule has 1 rings (SSSR count). The summed E-state index contributed by atoms with van der Waals surface area (Å²) >= 11 is 0. The second kappa shape index (κ2) is 4.91. The lowest BCUT2D eigenvalue weighted by atomic mass is 10.0. The summed E-state index contributed by atoms with van der Waals surface area (Å²) in [7, 11) is 0. The summed E-state index contributed by atoms with van der Waals surface area (Å²) in [5.74, 6) is -0.126. The minimum absolute atomic E-state index is 0.154. The molecule has 4 heteroatoms. The van der Waals surface area contributed by atoms with Crippen LogP contribution in [-0.4, -0.2) is 35.0 Å². The van der Waals surface area contributed by atoms with Gasteiger partial charge in [-0.2, -0.15) is 0 Å². The zero-order valence-electron chi connectivity index (χ0n) is 8.27. The highest BCUT2D eigenvalue weighted by molar-refractivity contribution is 6.12. The van der Waals surface area contributed by atoms with Gasteiger partial charge in [0, 0.05) is 25.3 Å². The maximum atomic E-state index is 11.1. The van der Waals surface area contributed by atoms with Gasteiger partial charge < -0.3 is 5.11 Å². The number of rotatable bonds is 5. The average molecular weight is 197 g/mol. The third kappa shape index (κ3) is 2.67. The molecule has 0 saturated carbocycles. The minimum atomic E-state index is -0.230. The first-order valence-corrected chi connectivity index (χ1v) is 4.79. The summed E-state index contributed by atoms with van der Waals surface area (Å²) < 4.78 is 0. The Morgan fingerprint density at radius 2 is 1.86 bits per heavy atom. The summed E-state index contributed by atoms with van der Waals surface area (Å²) in [6, 6.07) is 0. The molecule has 2 amide bonds. The average Bonchev–Trinajstić information content (AvgIpc) is 2.44. The van der Waals surface area contributed by atoms with E-state index in [-0.39, 0.29) is 18.4 Å². The Labute approximate surface area is 83.2 Å². The first-order chi connectivity index (χ1) is 6.65. The van der Waals surface area contributed by atoms with E-state index in [1.807, 2.05) is 6.92 Å². The molecule has 0 aromatic carbocycles. The smallest absolute Gasteiger partial charge is 0.253 e. The molecule has 4 nitrogen and oxygen atoms in total. The Kier molecular flexibility index (Phi) is 3.83. The number of imide groups is 1.